The zero-order valence-electron chi connectivity index (χ0n) is 17.3. The van der Waals surface area contributed by atoms with Crippen molar-refractivity contribution in [3.05, 3.63) is 48.1 Å². The molecule has 3 heterocycles. The highest BCUT2D eigenvalue weighted by atomic mass is 16.2. The Morgan fingerprint density at radius 1 is 1.07 bits per heavy atom. The zero-order valence-corrected chi connectivity index (χ0v) is 17.3. The Morgan fingerprint density at radius 2 is 1.71 bits per heavy atom. The predicted molar refractivity (Wildman–Crippen MR) is 107 cm³/mol. The van der Waals surface area contributed by atoms with Crippen molar-refractivity contribution in [1.29, 1.82) is 0 Å². The van der Waals surface area contributed by atoms with Crippen LogP contribution in [-0.2, 0) is 9.59 Å². The van der Waals surface area contributed by atoms with E-state index >= 15 is 0 Å². The normalized spacial score (nSPS) is 23.8. The number of fused-ring (bicyclic) bond motifs is 1. The van der Waals surface area contributed by atoms with E-state index in [-0.39, 0.29) is 11.8 Å². The maximum atomic E-state index is 13.5. The van der Waals surface area contributed by atoms with Crippen LogP contribution in [0.15, 0.2) is 42.5 Å². The van der Waals surface area contributed by atoms with Crippen LogP contribution in [0, 0.1) is 0 Å². The summed E-state index contributed by atoms with van der Waals surface area (Å²) in [7, 11) is 11.3. The molecule has 1 unspecified atom stereocenters. The molecule has 2 fully saturated rings. The molecule has 2 amide bonds. The minimum Gasteiger partial charge on any atom is -0.383 e. The molecule has 2 atom stereocenters. The number of aromatic nitrogens is 1. The third kappa shape index (κ3) is 3.47. The van der Waals surface area contributed by atoms with Crippen LogP contribution in [-0.4, -0.2) is 95.9 Å². The van der Waals surface area contributed by atoms with Gasteiger partial charge in [-0.3, -0.25) is 29.3 Å². The fourth-order valence-electron chi connectivity index (χ4n) is 3.76. The lowest BCUT2D eigenvalue weighted by molar-refractivity contribution is -0.131. The Kier molecular flexibility index (Phi) is 5.42. The van der Waals surface area contributed by atoms with Gasteiger partial charge < -0.3 is 9.80 Å². The first-order chi connectivity index (χ1) is 13.2. The van der Waals surface area contributed by atoms with E-state index in [0.29, 0.717) is 12.0 Å². The number of carbonyl (C=O) groups excluding carboxylic acids is 2. The molecule has 8 nitrogen and oxygen atoms in total. The van der Waals surface area contributed by atoms with Crippen molar-refractivity contribution in [2.75, 3.05) is 42.3 Å². The second kappa shape index (κ2) is 7.63. The number of hydrogen-bond acceptors (Lipinski definition) is 6. The fraction of sp³-hybridized carbons (Fsp3) is 0.450. The largest absolute Gasteiger partial charge is 0.383 e. The van der Waals surface area contributed by atoms with E-state index in [2.05, 4.69) is 4.98 Å². The van der Waals surface area contributed by atoms with Gasteiger partial charge in [-0.15, -0.1) is 0 Å². The van der Waals surface area contributed by atoms with Gasteiger partial charge in [0.2, 0.25) is 0 Å². The minimum atomic E-state index is -0.488. The Bertz CT molecular complexity index is 815. The van der Waals surface area contributed by atoms with E-state index in [1.54, 1.807) is 22.2 Å². The Hall–Kier alpha value is -2.87. The van der Waals surface area contributed by atoms with Crippen LogP contribution in [0.5, 0.6) is 0 Å². The van der Waals surface area contributed by atoms with Crippen molar-refractivity contribution in [1.82, 2.24) is 29.5 Å². The first kappa shape index (κ1) is 19.9. The van der Waals surface area contributed by atoms with Gasteiger partial charge in [0.05, 0.1) is 5.70 Å². The van der Waals surface area contributed by atoms with Crippen molar-refractivity contribution in [2.24, 2.45) is 0 Å². The van der Waals surface area contributed by atoms with Crippen molar-refractivity contribution in [3.63, 3.8) is 0 Å². The molecule has 1 aromatic rings. The van der Waals surface area contributed by atoms with Crippen molar-refractivity contribution < 1.29 is 9.59 Å². The Morgan fingerprint density at radius 3 is 2.25 bits per heavy atom. The van der Waals surface area contributed by atoms with Gasteiger partial charge in [0.15, 0.2) is 6.29 Å². The number of pyridine rings is 1. The maximum absolute atomic E-state index is 13.5. The molecule has 0 saturated carbocycles. The summed E-state index contributed by atoms with van der Waals surface area (Å²) in [5.41, 5.74) is 2.29. The molecule has 0 aromatic carbocycles. The summed E-state index contributed by atoms with van der Waals surface area (Å²) in [5.74, 6) is -0.161. The van der Waals surface area contributed by atoms with Crippen LogP contribution < -0.4 is 0 Å². The van der Waals surface area contributed by atoms with E-state index in [4.69, 9.17) is 0 Å². The summed E-state index contributed by atoms with van der Waals surface area (Å²) < 4.78 is 0. The topological polar surface area (TPSA) is 63.2 Å². The molecule has 0 bridgehead atoms. The van der Waals surface area contributed by atoms with E-state index < -0.39 is 12.3 Å². The molecule has 0 aliphatic carbocycles. The highest BCUT2D eigenvalue weighted by Gasteiger charge is 2.55. The lowest BCUT2D eigenvalue weighted by Crippen LogP contribution is -2.50. The summed E-state index contributed by atoms with van der Waals surface area (Å²) in [6.07, 6.45) is 7.06. The molecule has 3 rings (SSSR count). The standard InChI is InChI=1S/C20H28N6O2/c1-22(2)12-15-11-16-19(28)26(20(24(5)6)25(16)18(15)27)17(13-23(3)4)14-7-9-21-10-8-14/h7-10,12-13,16,20H,11H2,1-6H3/b15-12+,17-13+/t16-,20?/m0/s1. The molecule has 0 spiro atoms. The van der Waals surface area contributed by atoms with Gasteiger partial charge in [-0.05, 0) is 26.2 Å². The van der Waals surface area contributed by atoms with Crippen molar-refractivity contribution in [3.8, 4) is 0 Å². The van der Waals surface area contributed by atoms with Crippen molar-refractivity contribution in [2.45, 2.75) is 18.8 Å². The first-order valence-corrected chi connectivity index (χ1v) is 9.20. The summed E-state index contributed by atoms with van der Waals surface area (Å²) in [6.45, 7) is 0. The number of hydrogen-bond donors (Lipinski definition) is 0. The van der Waals surface area contributed by atoms with Crippen LogP contribution in [0.3, 0.4) is 0 Å². The predicted octanol–water partition coefficient (Wildman–Crippen LogP) is 0.675. The quantitative estimate of drug-likeness (QED) is 0.696. The van der Waals surface area contributed by atoms with Crippen LogP contribution >= 0.6 is 0 Å². The van der Waals surface area contributed by atoms with E-state index in [1.807, 2.05) is 81.5 Å². The van der Waals surface area contributed by atoms with Crippen LogP contribution in [0.25, 0.3) is 5.70 Å². The average Bonchev–Trinajstić information content (AvgIpc) is 3.08. The Balaban J connectivity index is 2.07. The first-order valence-electron chi connectivity index (χ1n) is 9.20. The molecule has 2 aliphatic heterocycles. The third-order valence-electron chi connectivity index (χ3n) is 4.75. The summed E-state index contributed by atoms with van der Waals surface area (Å²) in [5, 5.41) is 0. The molecule has 0 N–H and O–H groups in total. The summed E-state index contributed by atoms with van der Waals surface area (Å²) in [4.78, 5) is 39.7. The number of amides is 2. The number of carbonyl (C=O) groups is 2. The molecule has 2 saturated heterocycles. The zero-order chi connectivity index (χ0) is 20.6. The van der Waals surface area contributed by atoms with E-state index in [1.165, 1.54) is 0 Å². The van der Waals surface area contributed by atoms with Gasteiger partial charge >= 0.3 is 0 Å². The lowest BCUT2D eigenvalue weighted by atomic mass is 10.1. The van der Waals surface area contributed by atoms with Crippen LogP contribution in [0.4, 0.5) is 0 Å². The highest BCUT2D eigenvalue weighted by molar-refractivity contribution is 6.05. The van der Waals surface area contributed by atoms with Gasteiger partial charge in [0, 0.05) is 70.5 Å². The van der Waals surface area contributed by atoms with Gasteiger partial charge in [0.25, 0.3) is 11.8 Å². The molecule has 2 aliphatic rings. The van der Waals surface area contributed by atoms with Gasteiger partial charge in [-0.1, -0.05) is 0 Å². The monoisotopic (exact) mass is 384 g/mol. The molecule has 8 heteroatoms. The molecule has 28 heavy (non-hydrogen) atoms. The highest BCUT2D eigenvalue weighted by Crippen LogP contribution is 2.39. The Labute approximate surface area is 166 Å². The second-order valence-electron chi connectivity index (χ2n) is 7.78. The molecule has 1 aromatic heterocycles. The average molecular weight is 384 g/mol. The summed E-state index contributed by atoms with van der Waals surface area (Å²) >= 11 is 0. The minimum absolute atomic E-state index is 0.0703. The summed E-state index contributed by atoms with van der Waals surface area (Å²) in [6, 6.07) is 3.26. The van der Waals surface area contributed by atoms with Crippen LogP contribution in [0.2, 0.25) is 0 Å². The second-order valence-corrected chi connectivity index (χ2v) is 7.78. The van der Waals surface area contributed by atoms with Gasteiger partial charge in [-0.2, -0.15) is 0 Å². The van der Waals surface area contributed by atoms with E-state index in [9.17, 15) is 9.59 Å². The fourth-order valence-corrected chi connectivity index (χ4v) is 3.76. The van der Waals surface area contributed by atoms with Crippen molar-refractivity contribution >= 4 is 17.5 Å². The smallest absolute Gasteiger partial charge is 0.254 e. The molecular formula is C20H28N6O2. The SMILES string of the molecule is CN(C)/C=C1\C[C@H]2C(=O)N(/C(=C/N(C)C)c3ccncc3)C(N(C)C)N2C1=O. The lowest BCUT2D eigenvalue weighted by Gasteiger charge is -2.35. The number of nitrogens with zero attached hydrogens (tertiary/aromatic N) is 6. The maximum Gasteiger partial charge on any atom is 0.254 e. The third-order valence-corrected chi connectivity index (χ3v) is 4.75. The number of rotatable bonds is 5. The van der Waals surface area contributed by atoms with Crippen LogP contribution in [0.1, 0.15) is 12.0 Å². The molecular weight excluding hydrogens is 356 g/mol. The van der Waals surface area contributed by atoms with Gasteiger partial charge in [-0.25, -0.2) is 0 Å². The van der Waals surface area contributed by atoms with Gasteiger partial charge in [0.1, 0.15) is 6.04 Å². The van der Waals surface area contributed by atoms with E-state index in [0.717, 1.165) is 11.3 Å². The molecule has 0 radical (unpaired) electrons. The molecule has 150 valence electrons.